The fraction of sp³-hybridized carbons (Fsp3) is 0.667. The highest BCUT2D eigenvalue weighted by molar-refractivity contribution is 7.98. The number of hydrogen-bond donors (Lipinski definition) is 0. The largest absolute Gasteiger partial charge is 0.378 e. The van der Waals surface area contributed by atoms with Crippen LogP contribution in [0.1, 0.15) is 18.6 Å². The summed E-state index contributed by atoms with van der Waals surface area (Å²) < 4.78 is 12.5. The number of ether oxygens (including phenoxy) is 1. The lowest BCUT2D eigenvalue weighted by Crippen LogP contribution is -2.37. The summed E-state index contributed by atoms with van der Waals surface area (Å²) in [5, 5.41) is 13.2. The molecule has 1 aliphatic heterocycles. The molecule has 3 heterocycles. The normalized spacial score (nSPS) is 15.6. The maximum atomic E-state index is 5.35. The van der Waals surface area contributed by atoms with E-state index in [2.05, 4.69) is 25.2 Å². The van der Waals surface area contributed by atoms with Gasteiger partial charge in [-0.2, -0.15) is 4.98 Å². The first-order chi connectivity index (χ1) is 10.3. The van der Waals surface area contributed by atoms with Crippen molar-refractivity contribution in [3.05, 3.63) is 11.7 Å². The van der Waals surface area contributed by atoms with Crippen LogP contribution in [0.2, 0.25) is 0 Å². The Morgan fingerprint density at radius 2 is 2.05 bits per heavy atom. The predicted molar refractivity (Wildman–Crippen MR) is 77.3 cm³/mol. The Balaban J connectivity index is 1.64. The van der Waals surface area contributed by atoms with Crippen molar-refractivity contribution in [2.45, 2.75) is 24.3 Å². The van der Waals surface area contributed by atoms with Gasteiger partial charge in [-0.3, -0.25) is 4.57 Å². The molecular formula is C12H18N6O2S. The zero-order valence-corrected chi connectivity index (χ0v) is 13.0. The second kappa shape index (κ2) is 6.44. The van der Waals surface area contributed by atoms with Gasteiger partial charge in [0.15, 0.2) is 11.0 Å². The molecule has 2 aromatic heterocycles. The van der Waals surface area contributed by atoms with E-state index >= 15 is 0 Å². The number of aromatic nitrogens is 5. The molecule has 8 nitrogen and oxygen atoms in total. The first kappa shape index (κ1) is 14.3. The Labute approximate surface area is 126 Å². The van der Waals surface area contributed by atoms with Gasteiger partial charge in [0.25, 0.3) is 0 Å². The summed E-state index contributed by atoms with van der Waals surface area (Å²) >= 11 is 1.54. The molecule has 21 heavy (non-hydrogen) atoms. The summed E-state index contributed by atoms with van der Waals surface area (Å²) in [6.45, 7) is 5.16. The van der Waals surface area contributed by atoms with Gasteiger partial charge in [-0.05, 0) is 0 Å². The Kier molecular flexibility index (Phi) is 4.39. The van der Waals surface area contributed by atoms with E-state index in [1.165, 1.54) is 0 Å². The number of rotatable bonds is 5. The van der Waals surface area contributed by atoms with Crippen molar-refractivity contribution in [1.29, 1.82) is 0 Å². The third kappa shape index (κ3) is 3.18. The van der Waals surface area contributed by atoms with Crippen LogP contribution in [0.4, 0.5) is 5.95 Å². The van der Waals surface area contributed by atoms with Crippen molar-refractivity contribution >= 4 is 17.7 Å². The smallest absolute Gasteiger partial charge is 0.237 e. The summed E-state index contributed by atoms with van der Waals surface area (Å²) in [4.78, 5) is 6.47. The van der Waals surface area contributed by atoms with Crippen LogP contribution in [0.25, 0.3) is 0 Å². The molecule has 114 valence electrons. The van der Waals surface area contributed by atoms with E-state index in [0.717, 1.165) is 49.7 Å². The molecule has 0 amide bonds. The molecule has 0 aromatic carbocycles. The van der Waals surface area contributed by atoms with E-state index in [0.29, 0.717) is 11.6 Å². The van der Waals surface area contributed by atoms with Gasteiger partial charge in [-0.15, -0.1) is 10.2 Å². The summed E-state index contributed by atoms with van der Waals surface area (Å²) in [6.07, 6.45) is 0.777. The number of thioether (sulfide) groups is 1. The Morgan fingerprint density at radius 1 is 1.24 bits per heavy atom. The SMILES string of the molecule is CCc1noc(CSc2nnc(N3CCOCC3)n2C)n1. The standard InChI is InChI=1S/C12H18N6O2S/c1-3-9-13-10(20-16-9)8-21-12-15-14-11(17(12)2)18-4-6-19-7-5-18/h3-8H2,1-2H3. The summed E-state index contributed by atoms with van der Waals surface area (Å²) in [5.41, 5.74) is 0. The molecule has 0 aliphatic carbocycles. The van der Waals surface area contributed by atoms with E-state index in [4.69, 9.17) is 9.26 Å². The maximum absolute atomic E-state index is 5.35. The number of anilines is 1. The zero-order valence-electron chi connectivity index (χ0n) is 12.2. The minimum absolute atomic E-state index is 0.599. The molecule has 0 bridgehead atoms. The highest BCUT2D eigenvalue weighted by Gasteiger charge is 2.19. The van der Waals surface area contributed by atoms with E-state index in [-0.39, 0.29) is 0 Å². The molecular weight excluding hydrogens is 292 g/mol. The third-order valence-electron chi connectivity index (χ3n) is 3.26. The molecule has 0 radical (unpaired) electrons. The minimum Gasteiger partial charge on any atom is -0.378 e. The Bertz CT molecular complexity index is 592. The fourth-order valence-electron chi connectivity index (χ4n) is 2.09. The van der Waals surface area contributed by atoms with Gasteiger partial charge in [-0.25, -0.2) is 0 Å². The summed E-state index contributed by atoms with van der Waals surface area (Å²) in [6, 6.07) is 0. The lowest BCUT2D eigenvalue weighted by atomic mass is 10.4. The van der Waals surface area contributed by atoms with Gasteiger partial charge in [0, 0.05) is 26.6 Å². The topological polar surface area (TPSA) is 82.1 Å². The van der Waals surface area contributed by atoms with E-state index in [1.807, 2.05) is 18.5 Å². The van der Waals surface area contributed by atoms with Gasteiger partial charge in [0.05, 0.1) is 19.0 Å². The molecule has 0 spiro atoms. The lowest BCUT2D eigenvalue weighted by molar-refractivity contribution is 0.121. The van der Waals surface area contributed by atoms with Crippen molar-refractivity contribution in [3.63, 3.8) is 0 Å². The highest BCUT2D eigenvalue weighted by Crippen LogP contribution is 2.23. The maximum Gasteiger partial charge on any atom is 0.237 e. The average molecular weight is 310 g/mol. The van der Waals surface area contributed by atoms with Crippen LogP contribution in [0.15, 0.2) is 9.68 Å². The quantitative estimate of drug-likeness (QED) is 0.753. The van der Waals surface area contributed by atoms with Crippen molar-refractivity contribution in [2.24, 2.45) is 7.05 Å². The van der Waals surface area contributed by atoms with Gasteiger partial charge < -0.3 is 14.2 Å². The van der Waals surface area contributed by atoms with Gasteiger partial charge in [-0.1, -0.05) is 23.8 Å². The fourth-order valence-corrected chi connectivity index (χ4v) is 2.83. The first-order valence-electron chi connectivity index (χ1n) is 6.94. The molecule has 1 saturated heterocycles. The molecule has 0 unspecified atom stereocenters. The zero-order chi connectivity index (χ0) is 14.7. The van der Waals surface area contributed by atoms with Crippen LogP contribution in [0.5, 0.6) is 0 Å². The average Bonchev–Trinajstić information content (AvgIpc) is 3.13. The predicted octanol–water partition coefficient (Wildman–Crippen LogP) is 0.889. The Hall–Kier alpha value is -1.61. The molecule has 2 aromatic rings. The number of aryl methyl sites for hydroxylation is 1. The summed E-state index contributed by atoms with van der Waals surface area (Å²) in [7, 11) is 1.97. The molecule has 0 N–H and O–H groups in total. The van der Waals surface area contributed by atoms with Crippen LogP contribution >= 0.6 is 11.8 Å². The minimum atomic E-state index is 0.599. The van der Waals surface area contributed by atoms with Crippen molar-refractivity contribution in [2.75, 3.05) is 31.2 Å². The number of hydrogen-bond acceptors (Lipinski definition) is 8. The van der Waals surface area contributed by atoms with Crippen LogP contribution in [-0.2, 0) is 24.0 Å². The second-order valence-electron chi connectivity index (χ2n) is 4.69. The highest BCUT2D eigenvalue weighted by atomic mass is 32.2. The van der Waals surface area contributed by atoms with Crippen molar-refractivity contribution in [1.82, 2.24) is 24.9 Å². The molecule has 1 aliphatic rings. The van der Waals surface area contributed by atoms with Gasteiger partial charge >= 0.3 is 0 Å². The first-order valence-corrected chi connectivity index (χ1v) is 7.93. The molecule has 0 atom stereocenters. The van der Waals surface area contributed by atoms with Gasteiger partial charge in [0.1, 0.15) is 0 Å². The lowest BCUT2D eigenvalue weighted by Gasteiger charge is -2.27. The molecule has 3 rings (SSSR count). The molecule has 1 fully saturated rings. The van der Waals surface area contributed by atoms with Gasteiger partial charge in [0.2, 0.25) is 11.8 Å². The van der Waals surface area contributed by atoms with E-state index in [1.54, 1.807) is 11.8 Å². The number of morpholine rings is 1. The van der Waals surface area contributed by atoms with E-state index < -0.39 is 0 Å². The monoisotopic (exact) mass is 310 g/mol. The van der Waals surface area contributed by atoms with Crippen LogP contribution in [0.3, 0.4) is 0 Å². The molecule has 9 heteroatoms. The molecule has 0 saturated carbocycles. The van der Waals surface area contributed by atoms with E-state index in [9.17, 15) is 0 Å². The van der Waals surface area contributed by atoms with Crippen LogP contribution in [0, 0.1) is 0 Å². The third-order valence-corrected chi connectivity index (χ3v) is 4.26. The Morgan fingerprint density at radius 3 is 2.76 bits per heavy atom. The van der Waals surface area contributed by atoms with Crippen LogP contribution in [-0.4, -0.2) is 51.2 Å². The van der Waals surface area contributed by atoms with Crippen molar-refractivity contribution < 1.29 is 9.26 Å². The van der Waals surface area contributed by atoms with Crippen molar-refractivity contribution in [3.8, 4) is 0 Å². The summed E-state index contributed by atoms with van der Waals surface area (Å²) in [5.74, 6) is 2.83. The van der Waals surface area contributed by atoms with Crippen LogP contribution < -0.4 is 4.90 Å². The second-order valence-corrected chi connectivity index (χ2v) is 5.63. The number of nitrogens with zero attached hydrogens (tertiary/aromatic N) is 6.